The molecule has 1 aliphatic heterocycles. The van der Waals surface area contributed by atoms with Gasteiger partial charge in [0.2, 0.25) is 5.91 Å². The maximum absolute atomic E-state index is 11.9. The van der Waals surface area contributed by atoms with E-state index in [9.17, 15) is 9.59 Å². The second-order valence-electron chi connectivity index (χ2n) is 5.10. The number of carbonyl (C=O) groups is 2. The summed E-state index contributed by atoms with van der Waals surface area (Å²) in [4.78, 5) is 24.7. The first kappa shape index (κ1) is 12.1. The van der Waals surface area contributed by atoms with Crippen LogP contribution in [0.4, 0.5) is 0 Å². The van der Waals surface area contributed by atoms with Gasteiger partial charge in [0.05, 0.1) is 5.92 Å². The number of nitrogens with zero attached hydrogens (tertiary/aromatic N) is 1. The predicted molar refractivity (Wildman–Crippen MR) is 63.4 cm³/mol. The lowest BCUT2D eigenvalue weighted by Crippen LogP contribution is -2.41. The third-order valence-electron chi connectivity index (χ3n) is 3.96. The van der Waals surface area contributed by atoms with Crippen LogP contribution in [-0.4, -0.2) is 34.5 Å². The zero-order valence-corrected chi connectivity index (χ0v) is 9.97. The fraction of sp³-hybridized carbons (Fsp3) is 0.692. The summed E-state index contributed by atoms with van der Waals surface area (Å²) in [6.07, 6.45) is 5.58. The molecule has 1 heterocycles. The summed E-state index contributed by atoms with van der Waals surface area (Å²) >= 11 is 0. The van der Waals surface area contributed by atoms with Crippen LogP contribution < -0.4 is 0 Å². The fourth-order valence-electron chi connectivity index (χ4n) is 2.94. The minimum atomic E-state index is -0.721. The molecule has 4 nitrogen and oxygen atoms in total. The molecule has 1 saturated heterocycles. The Morgan fingerprint density at radius 1 is 1.47 bits per heavy atom. The summed E-state index contributed by atoms with van der Waals surface area (Å²) in [5.74, 6) is -0.593. The lowest BCUT2D eigenvalue weighted by atomic mass is 9.85. The molecule has 2 aliphatic rings. The second kappa shape index (κ2) is 4.90. The van der Waals surface area contributed by atoms with Crippen molar-refractivity contribution in [1.29, 1.82) is 0 Å². The zero-order chi connectivity index (χ0) is 12.4. The van der Waals surface area contributed by atoms with Crippen molar-refractivity contribution in [1.82, 2.24) is 4.90 Å². The number of rotatable bonds is 3. The van der Waals surface area contributed by atoms with Crippen molar-refractivity contribution >= 4 is 11.9 Å². The van der Waals surface area contributed by atoms with Crippen LogP contribution in [0.2, 0.25) is 0 Å². The van der Waals surface area contributed by atoms with Crippen LogP contribution in [0.15, 0.2) is 12.7 Å². The Labute approximate surface area is 101 Å². The van der Waals surface area contributed by atoms with Gasteiger partial charge in [-0.1, -0.05) is 12.5 Å². The largest absolute Gasteiger partial charge is 0.481 e. The van der Waals surface area contributed by atoms with Crippen LogP contribution in [0, 0.1) is 11.8 Å². The molecule has 0 aromatic heterocycles. The van der Waals surface area contributed by atoms with Crippen molar-refractivity contribution in [2.75, 3.05) is 6.54 Å². The Morgan fingerprint density at radius 2 is 2.24 bits per heavy atom. The zero-order valence-electron chi connectivity index (χ0n) is 9.97. The van der Waals surface area contributed by atoms with Crippen molar-refractivity contribution in [3.05, 3.63) is 12.7 Å². The van der Waals surface area contributed by atoms with Gasteiger partial charge in [-0.3, -0.25) is 9.59 Å². The van der Waals surface area contributed by atoms with Gasteiger partial charge < -0.3 is 10.0 Å². The second-order valence-corrected chi connectivity index (χ2v) is 5.10. The molecule has 2 rings (SSSR count). The molecule has 1 amide bonds. The highest BCUT2D eigenvalue weighted by Gasteiger charge is 2.37. The normalized spacial score (nSPS) is 33.8. The molecule has 1 saturated carbocycles. The summed E-state index contributed by atoms with van der Waals surface area (Å²) in [5.41, 5.74) is 0. The first-order valence-corrected chi connectivity index (χ1v) is 6.26. The van der Waals surface area contributed by atoms with Crippen LogP contribution in [0.1, 0.15) is 32.1 Å². The number of likely N-dealkylation sites (tertiary alicyclic amines) is 1. The number of aliphatic carboxylic acids is 1. The summed E-state index contributed by atoms with van der Waals surface area (Å²) in [6.45, 7) is 4.45. The van der Waals surface area contributed by atoms with Crippen LogP contribution in [0.5, 0.6) is 0 Å². The van der Waals surface area contributed by atoms with Crippen molar-refractivity contribution in [3.63, 3.8) is 0 Å². The van der Waals surface area contributed by atoms with E-state index in [2.05, 4.69) is 6.58 Å². The lowest BCUT2D eigenvalue weighted by Gasteiger charge is -2.34. The topological polar surface area (TPSA) is 57.6 Å². The Balaban J connectivity index is 2.00. The van der Waals surface area contributed by atoms with Gasteiger partial charge in [0.25, 0.3) is 0 Å². The van der Waals surface area contributed by atoms with E-state index < -0.39 is 5.97 Å². The smallest absolute Gasteiger partial charge is 0.306 e. The first-order chi connectivity index (χ1) is 8.11. The minimum Gasteiger partial charge on any atom is -0.481 e. The molecule has 0 radical (unpaired) electrons. The fourth-order valence-corrected chi connectivity index (χ4v) is 2.94. The SMILES string of the molecule is C=CC1CC(=O)N(C2CCCC(C(=O)O)C2)C1. The molecule has 2 fully saturated rings. The standard InChI is InChI=1S/C13H19NO3/c1-2-9-6-12(15)14(8-9)11-5-3-4-10(7-11)13(16)17/h2,9-11H,1,3-8H2,(H,16,17). The number of carbonyl (C=O) groups excluding carboxylic acids is 1. The number of hydrogen-bond acceptors (Lipinski definition) is 2. The molecule has 0 aromatic carbocycles. The highest BCUT2D eigenvalue weighted by atomic mass is 16.4. The van der Waals surface area contributed by atoms with Crippen molar-refractivity contribution < 1.29 is 14.7 Å². The maximum atomic E-state index is 11.9. The molecular formula is C13H19NO3. The van der Waals surface area contributed by atoms with Crippen LogP contribution in [0.3, 0.4) is 0 Å². The molecule has 1 N–H and O–H groups in total. The molecule has 0 spiro atoms. The van der Waals surface area contributed by atoms with Gasteiger partial charge in [-0.25, -0.2) is 0 Å². The van der Waals surface area contributed by atoms with E-state index in [1.54, 1.807) is 0 Å². The average Bonchev–Trinajstić information content (AvgIpc) is 2.71. The van der Waals surface area contributed by atoms with Gasteiger partial charge in [-0.05, 0) is 19.3 Å². The Morgan fingerprint density at radius 3 is 2.82 bits per heavy atom. The molecule has 17 heavy (non-hydrogen) atoms. The molecule has 3 unspecified atom stereocenters. The highest BCUT2D eigenvalue weighted by Crippen LogP contribution is 2.32. The van der Waals surface area contributed by atoms with Gasteiger partial charge in [-0.2, -0.15) is 0 Å². The maximum Gasteiger partial charge on any atom is 0.306 e. The average molecular weight is 237 g/mol. The van der Waals surface area contributed by atoms with E-state index in [1.807, 2.05) is 11.0 Å². The number of hydrogen-bond donors (Lipinski definition) is 1. The summed E-state index contributed by atoms with van der Waals surface area (Å²) in [6, 6.07) is 0.127. The number of carboxylic acid groups (broad SMARTS) is 1. The first-order valence-electron chi connectivity index (χ1n) is 6.26. The van der Waals surface area contributed by atoms with Gasteiger partial charge in [0, 0.05) is 24.9 Å². The molecule has 1 aliphatic carbocycles. The van der Waals surface area contributed by atoms with E-state index in [-0.39, 0.29) is 23.8 Å². The minimum absolute atomic E-state index is 0.127. The van der Waals surface area contributed by atoms with Gasteiger partial charge in [-0.15, -0.1) is 6.58 Å². The van der Waals surface area contributed by atoms with Gasteiger partial charge in [0.1, 0.15) is 0 Å². The van der Waals surface area contributed by atoms with E-state index in [4.69, 9.17) is 5.11 Å². The van der Waals surface area contributed by atoms with E-state index >= 15 is 0 Å². The molecule has 4 heteroatoms. The molecule has 0 bridgehead atoms. The highest BCUT2D eigenvalue weighted by molar-refractivity contribution is 5.79. The third kappa shape index (κ3) is 2.51. The third-order valence-corrected chi connectivity index (χ3v) is 3.96. The summed E-state index contributed by atoms with van der Waals surface area (Å²) < 4.78 is 0. The van der Waals surface area contributed by atoms with Gasteiger partial charge >= 0.3 is 5.97 Å². The van der Waals surface area contributed by atoms with E-state index in [1.165, 1.54) is 0 Å². The predicted octanol–water partition coefficient (Wildman–Crippen LogP) is 1.66. The Hall–Kier alpha value is -1.32. The van der Waals surface area contributed by atoms with E-state index in [0.717, 1.165) is 25.8 Å². The van der Waals surface area contributed by atoms with Crippen molar-refractivity contribution in [2.45, 2.75) is 38.1 Å². The van der Waals surface area contributed by atoms with Crippen molar-refractivity contribution in [2.24, 2.45) is 11.8 Å². The molecule has 3 atom stereocenters. The Kier molecular flexibility index (Phi) is 3.50. The van der Waals surface area contributed by atoms with Crippen LogP contribution in [-0.2, 0) is 9.59 Å². The number of carboxylic acids is 1. The monoisotopic (exact) mass is 237 g/mol. The summed E-state index contributed by atoms with van der Waals surface area (Å²) in [7, 11) is 0. The quantitative estimate of drug-likeness (QED) is 0.759. The molecule has 94 valence electrons. The lowest BCUT2D eigenvalue weighted by molar-refractivity contribution is -0.144. The summed E-state index contributed by atoms with van der Waals surface area (Å²) in [5, 5.41) is 9.04. The van der Waals surface area contributed by atoms with Crippen LogP contribution in [0.25, 0.3) is 0 Å². The van der Waals surface area contributed by atoms with Gasteiger partial charge in [0.15, 0.2) is 0 Å². The van der Waals surface area contributed by atoms with Crippen LogP contribution >= 0.6 is 0 Å². The molecular weight excluding hydrogens is 218 g/mol. The van der Waals surface area contributed by atoms with Crippen molar-refractivity contribution in [3.8, 4) is 0 Å². The van der Waals surface area contributed by atoms with E-state index in [0.29, 0.717) is 12.8 Å². The molecule has 0 aromatic rings. The Bertz CT molecular complexity index is 340. The number of amides is 1.